The van der Waals surface area contributed by atoms with Gasteiger partial charge in [-0.15, -0.1) is 11.3 Å². The van der Waals surface area contributed by atoms with E-state index in [1.165, 1.54) is 11.3 Å². The number of carbonyl (C=O) groups is 1. The lowest BCUT2D eigenvalue weighted by molar-refractivity contribution is -0.142. The predicted octanol–water partition coefficient (Wildman–Crippen LogP) is 2.97. The van der Waals surface area contributed by atoms with Crippen molar-refractivity contribution in [3.8, 4) is 5.75 Å². The number of carboxylic acids is 1. The highest BCUT2D eigenvalue weighted by Crippen LogP contribution is 2.39. The molecule has 0 saturated carbocycles. The average Bonchev–Trinajstić information content (AvgIpc) is 2.63. The Labute approximate surface area is 97.0 Å². The van der Waals surface area contributed by atoms with Gasteiger partial charge in [-0.3, -0.25) is 4.79 Å². The van der Waals surface area contributed by atoms with Crippen LogP contribution in [0.15, 0.2) is 23.6 Å². The summed E-state index contributed by atoms with van der Waals surface area (Å²) in [6, 6.07) is 5.21. The number of thiophene rings is 1. The Balaban J connectivity index is 2.76. The van der Waals surface area contributed by atoms with E-state index < -0.39 is 11.4 Å². The Kier molecular flexibility index (Phi) is 2.39. The molecule has 84 valence electrons. The van der Waals surface area contributed by atoms with E-state index in [1.807, 2.05) is 6.07 Å². The van der Waals surface area contributed by atoms with Gasteiger partial charge in [-0.2, -0.15) is 0 Å². The molecule has 1 aromatic heterocycles. The third-order valence-corrected chi connectivity index (χ3v) is 3.73. The van der Waals surface area contributed by atoms with Crippen LogP contribution in [0.5, 0.6) is 5.75 Å². The minimum Gasteiger partial charge on any atom is -0.507 e. The third-order valence-electron chi connectivity index (χ3n) is 2.79. The van der Waals surface area contributed by atoms with Crippen molar-refractivity contribution in [3.63, 3.8) is 0 Å². The smallest absolute Gasteiger partial charge is 0.313 e. The first-order chi connectivity index (χ1) is 7.44. The van der Waals surface area contributed by atoms with Crippen molar-refractivity contribution in [3.05, 3.63) is 29.1 Å². The van der Waals surface area contributed by atoms with Crippen LogP contribution in [-0.4, -0.2) is 16.2 Å². The van der Waals surface area contributed by atoms with Crippen LogP contribution in [0.1, 0.15) is 19.4 Å². The third kappa shape index (κ3) is 1.46. The monoisotopic (exact) mass is 236 g/mol. The number of fused-ring (bicyclic) bond motifs is 1. The van der Waals surface area contributed by atoms with Crippen molar-refractivity contribution in [1.29, 1.82) is 0 Å². The van der Waals surface area contributed by atoms with Crippen molar-refractivity contribution in [1.82, 2.24) is 0 Å². The zero-order valence-corrected chi connectivity index (χ0v) is 9.84. The molecule has 16 heavy (non-hydrogen) atoms. The second-order valence-corrected chi connectivity index (χ2v) is 5.14. The number of hydrogen-bond donors (Lipinski definition) is 2. The number of aromatic hydroxyl groups is 1. The molecule has 0 aliphatic heterocycles. The quantitative estimate of drug-likeness (QED) is 0.842. The van der Waals surface area contributed by atoms with E-state index in [4.69, 9.17) is 0 Å². The Bertz CT molecular complexity index is 554. The maximum absolute atomic E-state index is 11.2. The Hall–Kier alpha value is -1.55. The minimum absolute atomic E-state index is 0.142. The summed E-state index contributed by atoms with van der Waals surface area (Å²) in [5, 5.41) is 21.4. The summed E-state index contributed by atoms with van der Waals surface area (Å²) in [6.45, 7) is 3.28. The summed E-state index contributed by atoms with van der Waals surface area (Å²) < 4.78 is 0.907. The van der Waals surface area contributed by atoms with Crippen molar-refractivity contribution >= 4 is 27.4 Å². The molecule has 0 aliphatic carbocycles. The van der Waals surface area contributed by atoms with Gasteiger partial charge in [-0.05, 0) is 36.9 Å². The normalized spacial score (nSPS) is 11.9. The molecule has 0 aliphatic rings. The molecule has 0 unspecified atom stereocenters. The second-order valence-electron chi connectivity index (χ2n) is 4.23. The number of phenols is 1. The molecule has 0 radical (unpaired) electrons. The van der Waals surface area contributed by atoms with Crippen LogP contribution in [0.3, 0.4) is 0 Å². The van der Waals surface area contributed by atoms with Crippen molar-refractivity contribution in [2.24, 2.45) is 0 Å². The SMILES string of the molecule is CC(C)(C(=O)O)c1csc2cccc(O)c12. The molecule has 0 amide bonds. The summed E-state index contributed by atoms with van der Waals surface area (Å²) in [6.07, 6.45) is 0. The van der Waals surface area contributed by atoms with Gasteiger partial charge in [0.05, 0.1) is 5.41 Å². The van der Waals surface area contributed by atoms with Gasteiger partial charge in [0.25, 0.3) is 0 Å². The lowest BCUT2D eigenvalue weighted by atomic mass is 9.84. The van der Waals surface area contributed by atoms with Crippen LogP contribution in [-0.2, 0) is 10.2 Å². The Morgan fingerprint density at radius 1 is 1.38 bits per heavy atom. The lowest BCUT2D eigenvalue weighted by Crippen LogP contribution is -2.28. The van der Waals surface area contributed by atoms with Crippen LogP contribution in [0, 0.1) is 0 Å². The molecule has 2 N–H and O–H groups in total. The fraction of sp³-hybridized carbons (Fsp3) is 0.250. The van der Waals surface area contributed by atoms with Crippen LogP contribution in [0.25, 0.3) is 10.1 Å². The molecular formula is C12H12O3S. The molecule has 1 heterocycles. The highest BCUT2D eigenvalue weighted by molar-refractivity contribution is 7.17. The van der Waals surface area contributed by atoms with Crippen molar-refractivity contribution in [2.75, 3.05) is 0 Å². The van der Waals surface area contributed by atoms with Gasteiger partial charge in [0.15, 0.2) is 0 Å². The maximum Gasteiger partial charge on any atom is 0.313 e. The van der Waals surface area contributed by atoms with Gasteiger partial charge in [-0.25, -0.2) is 0 Å². The van der Waals surface area contributed by atoms with E-state index in [2.05, 4.69) is 0 Å². The van der Waals surface area contributed by atoms with Crippen molar-refractivity contribution < 1.29 is 15.0 Å². The highest BCUT2D eigenvalue weighted by atomic mass is 32.1. The van der Waals surface area contributed by atoms with Gasteiger partial charge in [-0.1, -0.05) is 6.07 Å². The number of carboxylic acid groups (broad SMARTS) is 1. The molecule has 2 rings (SSSR count). The minimum atomic E-state index is -0.989. The van der Waals surface area contributed by atoms with E-state index in [-0.39, 0.29) is 5.75 Å². The first kappa shape index (κ1) is 11.0. The molecule has 4 heteroatoms. The van der Waals surface area contributed by atoms with Gasteiger partial charge in [0.2, 0.25) is 0 Å². The molecule has 0 atom stereocenters. The van der Waals surface area contributed by atoms with Crippen LogP contribution < -0.4 is 0 Å². The molecule has 2 aromatic rings. The van der Waals surface area contributed by atoms with Crippen LogP contribution in [0.4, 0.5) is 0 Å². The van der Waals surface area contributed by atoms with E-state index in [0.29, 0.717) is 10.9 Å². The molecule has 0 spiro atoms. The second kappa shape index (κ2) is 3.49. The van der Waals surface area contributed by atoms with E-state index in [0.717, 1.165) is 4.70 Å². The van der Waals surface area contributed by atoms with Crippen LogP contribution in [0.2, 0.25) is 0 Å². The molecule has 0 bridgehead atoms. The molecule has 0 saturated heterocycles. The average molecular weight is 236 g/mol. The van der Waals surface area contributed by atoms with E-state index >= 15 is 0 Å². The van der Waals surface area contributed by atoms with Crippen molar-refractivity contribution in [2.45, 2.75) is 19.3 Å². The largest absolute Gasteiger partial charge is 0.507 e. The van der Waals surface area contributed by atoms with E-state index in [1.54, 1.807) is 31.4 Å². The van der Waals surface area contributed by atoms with Crippen LogP contribution >= 0.6 is 11.3 Å². The number of phenolic OH excluding ortho intramolecular Hbond substituents is 1. The van der Waals surface area contributed by atoms with Gasteiger partial charge in [0.1, 0.15) is 5.75 Å². The zero-order valence-electron chi connectivity index (χ0n) is 9.02. The fourth-order valence-electron chi connectivity index (χ4n) is 1.64. The maximum atomic E-state index is 11.2. The Morgan fingerprint density at radius 3 is 2.69 bits per heavy atom. The number of aliphatic carboxylic acids is 1. The molecule has 0 fully saturated rings. The van der Waals surface area contributed by atoms with E-state index in [9.17, 15) is 15.0 Å². The standard InChI is InChI=1S/C12H12O3S/c1-12(2,11(14)15)7-6-16-9-5-3-4-8(13)10(7)9/h3-6,13H,1-2H3,(H,14,15). The summed E-state index contributed by atoms with van der Waals surface area (Å²) in [5.41, 5.74) is -0.324. The fourth-order valence-corrected chi connectivity index (χ4v) is 2.79. The molecule has 3 nitrogen and oxygen atoms in total. The van der Waals surface area contributed by atoms with Gasteiger partial charge >= 0.3 is 5.97 Å². The topological polar surface area (TPSA) is 57.5 Å². The molecular weight excluding hydrogens is 224 g/mol. The number of hydrogen-bond acceptors (Lipinski definition) is 3. The Morgan fingerprint density at radius 2 is 2.06 bits per heavy atom. The first-order valence-electron chi connectivity index (χ1n) is 4.87. The first-order valence-corrected chi connectivity index (χ1v) is 5.75. The summed E-state index contributed by atoms with van der Waals surface area (Å²) in [5.74, 6) is -0.751. The summed E-state index contributed by atoms with van der Waals surface area (Å²) in [4.78, 5) is 11.2. The lowest BCUT2D eigenvalue weighted by Gasteiger charge is -2.18. The summed E-state index contributed by atoms with van der Waals surface area (Å²) >= 11 is 1.45. The highest BCUT2D eigenvalue weighted by Gasteiger charge is 2.32. The predicted molar refractivity (Wildman–Crippen MR) is 64.2 cm³/mol. The van der Waals surface area contributed by atoms with Gasteiger partial charge in [0, 0.05) is 10.1 Å². The molecule has 1 aromatic carbocycles. The number of benzene rings is 1. The number of rotatable bonds is 2. The van der Waals surface area contributed by atoms with Gasteiger partial charge < -0.3 is 10.2 Å². The summed E-state index contributed by atoms with van der Waals surface area (Å²) in [7, 11) is 0. The zero-order chi connectivity index (χ0) is 11.9.